The highest BCUT2D eigenvalue weighted by molar-refractivity contribution is 6.05. The SMILES string of the molecule is COc1cccc2cc(C(=O)Nc3cccc(C)c3)c(=O)oc12. The molecule has 0 aliphatic heterocycles. The standard InChI is InChI=1S/C18H15NO4/c1-11-5-3-7-13(9-11)19-17(20)14-10-12-6-4-8-15(22-2)16(12)23-18(14)21/h3-10H,1-2H3,(H,19,20). The van der Waals surface area contributed by atoms with Crippen LogP contribution >= 0.6 is 0 Å². The Labute approximate surface area is 132 Å². The zero-order valence-corrected chi connectivity index (χ0v) is 12.8. The topological polar surface area (TPSA) is 68.5 Å². The van der Waals surface area contributed by atoms with Crippen molar-refractivity contribution in [1.29, 1.82) is 0 Å². The molecule has 0 atom stereocenters. The number of rotatable bonds is 3. The van der Waals surface area contributed by atoms with Gasteiger partial charge in [-0.15, -0.1) is 0 Å². The highest BCUT2D eigenvalue weighted by Crippen LogP contribution is 2.24. The Morgan fingerprint density at radius 1 is 1.13 bits per heavy atom. The lowest BCUT2D eigenvalue weighted by molar-refractivity contribution is 0.102. The number of hydrogen-bond donors (Lipinski definition) is 1. The molecular weight excluding hydrogens is 294 g/mol. The van der Waals surface area contributed by atoms with E-state index in [1.165, 1.54) is 13.2 Å². The summed E-state index contributed by atoms with van der Waals surface area (Å²) in [5.41, 5.74) is 1.21. The summed E-state index contributed by atoms with van der Waals surface area (Å²) in [6, 6.07) is 14.1. The van der Waals surface area contributed by atoms with Gasteiger partial charge in [-0.3, -0.25) is 4.79 Å². The molecule has 2 aromatic carbocycles. The molecule has 23 heavy (non-hydrogen) atoms. The van der Waals surface area contributed by atoms with Crippen molar-refractivity contribution in [3.8, 4) is 5.75 Å². The Kier molecular flexibility index (Phi) is 3.85. The lowest BCUT2D eigenvalue weighted by atomic mass is 10.1. The van der Waals surface area contributed by atoms with Crippen LogP contribution in [0.25, 0.3) is 11.0 Å². The zero-order valence-electron chi connectivity index (χ0n) is 12.8. The van der Waals surface area contributed by atoms with Crippen LogP contribution in [0.5, 0.6) is 5.75 Å². The molecule has 116 valence electrons. The predicted octanol–water partition coefficient (Wildman–Crippen LogP) is 3.36. The van der Waals surface area contributed by atoms with Gasteiger partial charge in [0.05, 0.1) is 7.11 Å². The number of carbonyl (C=O) groups is 1. The van der Waals surface area contributed by atoms with E-state index in [-0.39, 0.29) is 5.56 Å². The van der Waals surface area contributed by atoms with Crippen molar-refractivity contribution in [2.24, 2.45) is 0 Å². The van der Waals surface area contributed by atoms with Crippen molar-refractivity contribution in [1.82, 2.24) is 0 Å². The van der Waals surface area contributed by atoms with Gasteiger partial charge < -0.3 is 14.5 Å². The van der Waals surface area contributed by atoms with Crippen LogP contribution in [0, 0.1) is 6.92 Å². The number of ether oxygens (including phenoxy) is 1. The number of carbonyl (C=O) groups excluding carboxylic acids is 1. The van der Waals surface area contributed by atoms with Gasteiger partial charge in [0.2, 0.25) is 0 Å². The molecule has 0 bridgehead atoms. The van der Waals surface area contributed by atoms with Crippen molar-refractivity contribution in [3.63, 3.8) is 0 Å². The van der Waals surface area contributed by atoms with Crippen molar-refractivity contribution in [3.05, 3.63) is 70.1 Å². The first kappa shape index (κ1) is 14.8. The van der Waals surface area contributed by atoms with Crippen molar-refractivity contribution in [2.75, 3.05) is 12.4 Å². The number of benzene rings is 2. The second-order valence-corrected chi connectivity index (χ2v) is 5.15. The third kappa shape index (κ3) is 2.94. The zero-order chi connectivity index (χ0) is 16.4. The Hall–Kier alpha value is -3.08. The molecule has 0 spiro atoms. The molecule has 0 radical (unpaired) electrons. The van der Waals surface area contributed by atoms with E-state index in [1.807, 2.05) is 25.1 Å². The average molecular weight is 309 g/mol. The fourth-order valence-corrected chi connectivity index (χ4v) is 2.36. The first-order chi connectivity index (χ1) is 11.1. The third-order valence-corrected chi connectivity index (χ3v) is 3.46. The van der Waals surface area contributed by atoms with Gasteiger partial charge in [-0.2, -0.15) is 0 Å². The molecule has 3 rings (SSSR count). The van der Waals surface area contributed by atoms with Crippen LogP contribution in [-0.2, 0) is 0 Å². The number of aryl methyl sites for hydroxylation is 1. The highest BCUT2D eigenvalue weighted by Gasteiger charge is 2.15. The van der Waals surface area contributed by atoms with Gasteiger partial charge in [0.1, 0.15) is 5.56 Å². The molecule has 5 nitrogen and oxygen atoms in total. The lowest BCUT2D eigenvalue weighted by Gasteiger charge is -2.07. The summed E-state index contributed by atoms with van der Waals surface area (Å²) in [4.78, 5) is 24.5. The number of methoxy groups -OCH3 is 1. The molecule has 1 amide bonds. The Bertz CT molecular complexity index is 943. The maximum absolute atomic E-state index is 12.3. The van der Waals surface area contributed by atoms with E-state index in [1.54, 1.807) is 24.3 Å². The highest BCUT2D eigenvalue weighted by atomic mass is 16.5. The normalized spacial score (nSPS) is 10.5. The molecule has 0 aliphatic rings. The minimum absolute atomic E-state index is 0.0488. The van der Waals surface area contributed by atoms with E-state index in [0.717, 1.165) is 5.56 Å². The molecule has 0 aliphatic carbocycles. The molecular formula is C18H15NO4. The molecule has 1 aromatic heterocycles. The number of anilines is 1. The van der Waals surface area contributed by atoms with E-state index in [4.69, 9.17) is 9.15 Å². The number of para-hydroxylation sites is 1. The van der Waals surface area contributed by atoms with Gasteiger partial charge in [0, 0.05) is 11.1 Å². The summed E-state index contributed by atoms with van der Waals surface area (Å²) in [6.07, 6.45) is 0. The molecule has 1 N–H and O–H groups in total. The van der Waals surface area contributed by atoms with E-state index < -0.39 is 11.5 Å². The van der Waals surface area contributed by atoms with Gasteiger partial charge in [0.15, 0.2) is 11.3 Å². The second-order valence-electron chi connectivity index (χ2n) is 5.15. The van der Waals surface area contributed by atoms with Gasteiger partial charge in [-0.1, -0.05) is 24.3 Å². The molecule has 0 saturated heterocycles. The number of amides is 1. The monoisotopic (exact) mass is 309 g/mol. The van der Waals surface area contributed by atoms with Crippen LogP contribution in [0.1, 0.15) is 15.9 Å². The number of fused-ring (bicyclic) bond motifs is 1. The summed E-state index contributed by atoms with van der Waals surface area (Å²) >= 11 is 0. The summed E-state index contributed by atoms with van der Waals surface area (Å²) < 4.78 is 10.4. The minimum Gasteiger partial charge on any atom is -0.493 e. The average Bonchev–Trinajstić information content (AvgIpc) is 2.53. The second kappa shape index (κ2) is 5.96. The maximum atomic E-state index is 12.3. The van der Waals surface area contributed by atoms with Crippen LogP contribution < -0.4 is 15.7 Å². The summed E-state index contributed by atoms with van der Waals surface area (Å²) in [5, 5.41) is 3.33. The van der Waals surface area contributed by atoms with Gasteiger partial charge in [-0.05, 0) is 36.8 Å². The number of hydrogen-bond acceptors (Lipinski definition) is 4. The Balaban J connectivity index is 2.01. The van der Waals surface area contributed by atoms with Crippen LogP contribution in [0.4, 0.5) is 5.69 Å². The molecule has 0 unspecified atom stereocenters. The van der Waals surface area contributed by atoms with Gasteiger partial charge >= 0.3 is 5.63 Å². The van der Waals surface area contributed by atoms with Crippen LogP contribution in [0.2, 0.25) is 0 Å². The van der Waals surface area contributed by atoms with E-state index in [2.05, 4.69) is 5.32 Å². The smallest absolute Gasteiger partial charge is 0.349 e. The fourth-order valence-electron chi connectivity index (χ4n) is 2.36. The first-order valence-electron chi connectivity index (χ1n) is 7.07. The Morgan fingerprint density at radius 2 is 1.91 bits per heavy atom. The summed E-state index contributed by atoms with van der Waals surface area (Å²) in [7, 11) is 1.49. The molecule has 0 saturated carbocycles. The summed E-state index contributed by atoms with van der Waals surface area (Å²) in [5.74, 6) is -0.0562. The van der Waals surface area contributed by atoms with Crippen LogP contribution in [0.3, 0.4) is 0 Å². The van der Waals surface area contributed by atoms with E-state index in [0.29, 0.717) is 22.4 Å². The van der Waals surface area contributed by atoms with Crippen molar-refractivity contribution in [2.45, 2.75) is 6.92 Å². The molecule has 3 aromatic rings. The maximum Gasteiger partial charge on any atom is 0.349 e. The van der Waals surface area contributed by atoms with Crippen molar-refractivity contribution < 1.29 is 13.9 Å². The van der Waals surface area contributed by atoms with E-state index in [9.17, 15) is 9.59 Å². The van der Waals surface area contributed by atoms with E-state index >= 15 is 0 Å². The minimum atomic E-state index is -0.702. The molecule has 0 fully saturated rings. The van der Waals surface area contributed by atoms with Gasteiger partial charge in [0.25, 0.3) is 5.91 Å². The summed E-state index contributed by atoms with van der Waals surface area (Å²) in [6.45, 7) is 1.92. The van der Waals surface area contributed by atoms with Crippen molar-refractivity contribution >= 4 is 22.6 Å². The molecule has 1 heterocycles. The number of nitrogens with one attached hydrogen (secondary N) is 1. The first-order valence-corrected chi connectivity index (χ1v) is 7.07. The van der Waals surface area contributed by atoms with Gasteiger partial charge in [-0.25, -0.2) is 4.79 Å². The third-order valence-electron chi connectivity index (χ3n) is 3.46. The quantitative estimate of drug-likeness (QED) is 0.753. The largest absolute Gasteiger partial charge is 0.493 e. The predicted molar refractivity (Wildman–Crippen MR) is 88.2 cm³/mol. The lowest BCUT2D eigenvalue weighted by Crippen LogP contribution is -2.20. The van der Waals surface area contributed by atoms with Crippen LogP contribution in [-0.4, -0.2) is 13.0 Å². The fraction of sp³-hybridized carbons (Fsp3) is 0.111. The Morgan fingerprint density at radius 3 is 2.65 bits per heavy atom. The van der Waals surface area contributed by atoms with Crippen LogP contribution in [0.15, 0.2) is 57.7 Å². The molecule has 5 heteroatoms.